The lowest BCUT2D eigenvalue weighted by Gasteiger charge is -2.26. The molecule has 34 heavy (non-hydrogen) atoms. The number of rotatable bonds is 6. The lowest BCUT2D eigenvalue weighted by Crippen LogP contribution is -2.29. The lowest BCUT2D eigenvalue weighted by atomic mass is 9.94. The number of amides is 1. The van der Waals surface area contributed by atoms with E-state index in [2.05, 4.69) is 0 Å². The zero-order valence-corrected chi connectivity index (χ0v) is 19.6. The fraction of sp³-hybridized carbons (Fsp3) is 0.154. The molecule has 1 amide bonds. The van der Waals surface area contributed by atoms with Gasteiger partial charge in [0.1, 0.15) is 17.3 Å². The summed E-state index contributed by atoms with van der Waals surface area (Å²) in [6.07, 6.45) is 0.790. The summed E-state index contributed by atoms with van der Waals surface area (Å²) in [6, 6.07) is 15.5. The van der Waals surface area contributed by atoms with Crippen molar-refractivity contribution in [2.75, 3.05) is 11.5 Å². The van der Waals surface area contributed by atoms with Gasteiger partial charge in [-0.2, -0.15) is 0 Å². The molecule has 0 spiro atoms. The number of carbonyl (C=O) groups excluding carboxylic acids is 2. The van der Waals surface area contributed by atoms with E-state index in [1.54, 1.807) is 30.3 Å². The van der Waals surface area contributed by atoms with E-state index in [9.17, 15) is 19.1 Å². The van der Waals surface area contributed by atoms with Crippen LogP contribution in [0.25, 0.3) is 5.76 Å². The third-order valence-electron chi connectivity index (χ3n) is 5.41. The number of ether oxygens (including phenoxy) is 1. The number of halogens is 3. The van der Waals surface area contributed by atoms with Crippen LogP contribution in [-0.4, -0.2) is 23.4 Å². The summed E-state index contributed by atoms with van der Waals surface area (Å²) in [4.78, 5) is 27.5. The molecule has 1 aliphatic rings. The first-order chi connectivity index (χ1) is 16.3. The van der Waals surface area contributed by atoms with Crippen molar-refractivity contribution in [1.29, 1.82) is 0 Å². The Morgan fingerprint density at radius 3 is 2.50 bits per heavy atom. The highest BCUT2D eigenvalue weighted by molar-refractivity contribution is 6.52. The van der Waals surface area contributed by atoms with Crippen molar-refractivity contribution >= 4 is 46.3 Å². The van der Waals surface area contributed by atoms with Crippen molar-refractivity contribution in [3.63, 3.8) is 0 Å². The molecular formula is C26H20Cl2FNO4. The summed E-state index contributed by atoms with van der Waals surface area (Å²) in [5.74, 6) is -2.45. The number of nitrogens with zero attached hydrogens (tertiary/aromatic N) is 1. The third-order valence-corrected chi connectivity index (χ3v) is 6.14. The zero-order valence-electron chi connectivity index (χ0n) is 18.1. The maximum absolute atomic E-state index is 15.0. The van der Waals surface area contributed by atoms with Crippen LogP contribution in [0, 0.1) is 5.82 Å². The van der Waals surface area contributed by atoms with E-state index in [-0.39, 0.29) is 32.4 Å². The van der Waals surface area contributed by atoms with E-state index in [0.717, 1.165) is 11.3 Å². The van der Waals surface area contributed by atoms with Crippen LogP contribution < -0.4 is 9.64 Å². The molecule has 1 N–H and O–H groups in total. The number of anilines is 1. The Bertz CT molecular complexity index is 1310. The Kier molecular flexibility index (Phi) is 6.91. The number of Topliss-reactive ketones (excluding diaryl/α,β-unsaturated/α-hetero) is 1. The summed E-state index contributed by atoms with van der Waals surface area (Å²) in [5.41, 5.74) is 0.312. The molecule has 5 nitrogen and oxygen atoms in total. The Morgan fingerprint density at radius 2 is 1.79 bits per heavy atom. The van der Waals surface area contributed by atoms with Crippen LogP contribution in [0.4, 0.5) is 10.1 Å². The Balaban J connectivity index is 1.92. The van der Waals surface area contributed by atoms with Crippen LogP contribution in [0.1, 0.15) is 30.5 Å². The minimum atomic E-state index is -1.22. The standard InChI is InChI=1S/C26H20Cl2FNO4/c1-2-12-34-17-7-5-6-15(13-17)24(31)22-23(18-8-3-4-9-21(18)29)30(26(33)25(22)32)16-10-11-19(27)20(28)14-16/h3-11,13-14,23,31H,2,12H2,1H3/b24-22+. The van der Waals surface area contributed by atoms with Gasteiger partial charge in [-0.15, -0.1) is 0 Å². The lowest BCUT2D eigenvalue weighted by molar-refractivity contribution is -0.132. The van der Waals surface area contributed by atoms with Gasteiger partial charge in [0.2, 0.25) is 0 Å². The van der Waals surface area contributed by atoms with Crippen LogP contribution in [-0.2, 0) is 9.59 Å². The fourth-order valence-electron chi connectivity index (χ4n) is 3.83. The highest BCUT2D eigenvalue weighted by atomic mass is 35.5. The summed E-state index contributed by atoms with van der Waals surface area (Å²) >= 11 is 12.2. The van der Waals surface area contributed by atoms with Gasteiger partial charge in [-0.3, -0.25) is 14.5 Å². The molecule has 1 saturated heterocycles. The van der Waals surface area contributed by atoms with Gasteiger partial charge in [0.05, 0.1) is 28.3 Å². The Labute approximate surface area is 206 Å². The minimum absolute atomic E-state index is 0.0488. The molecule has 1 heterocycles. The first-order valence-electron chi connectivity index (χ1n) is 10.6. The third kappa shape index (κ3) is 4.39. The molecule has 1 fully saturated rings. The molecule has 0 aliphatic carbocycles. The minimum Gasteiger partial charge on any atom is -0.507 e. The SMILES string of the molecule is CCCOc1cccc(/C(O)=C2\C(=O)C(=O)N(c3ccc(Cl)c(Cl)c3)C2c2ccccc2F)c1. The van der Waals surface area contributed by atoms with Gasteiger partial charge < -0.3 is 9.84 Å². The second-order valence-electron chi connectivity index (χ2n) is 7.67. The van der Waals surface area contributed by atoms with Crippen LogP contribution in [0.5, 0.6) is 5.75 Å². The predicted molar refractivity (Wildman–Crippen MR) is 130 cm³/mol. The van der Waals surface area contributed by atoms with Gasteiger partial charge in [0, 0.05) is 16.8 Å². The van der Waals surface area contributed by atoms with Gasteiger partial charge in [-0.1, -0.05) is 60.5 Å². The predicted octanol–water partition coefficient (Wildman–Crippen LogP) is 6.55. The van der Waals surface area contributed by atoms with Gasteiger partial charge in [0.25, 0.3) is 11.7 Å². The van der Waals surface area contributed by atoms with Crippen molar-refractivity contribution in [3.05, 3.63) is 99.3 Å². The van der Waals surface area contributed by atoms with Crippen molar-refractivity contribution < 1.29 is 23.8 Å². The molecule has 3 aromatic rings. The first-order valence-corrected chi connectivity index (χ1v) is 11.3. The number of benzene rings is 3. The number of hydrogen-bond donors (Lipinski definition) is 1. The first kappa shape index (κ1) is 23.8. The summed E-state index contributed by atoms with van der Waals surface area (Å²) in [7, 11) is 0. The summed E-state index contributed by atoms with van der Waals surface area (Å²) in [5, 5.41) is 11.6. The highest BCUT2D eigenvalue weighted by Crippen LogP contribution is 2.44. The molecule has 4 rings (SSSR count). The average Bonchev–Trinajstić information content (AvgIpc) is 3.09. The van der Waals surface area contributed by atoms with Gasteiger partial charge in [0.15, 0.2) is 0 Å². The average molecular weight is 500 g/mol. The summed E-state index contributed by atoms with van der Waals surface area (Å²) < 4.78 is 20.6. The van der Waals surface area contributed by atoms with Gasteiger partial charge in [-0.05, 0) is 42.8 Å². The maximum atomic E-state index is 15.0. The van der Waals surface area contributed by atoms with Crippen molar-refractivity contribution in [2.24, 2.45) is 0 Å². The van der Waals surface area contributed by atoms with E-state index >= 15 is 0 Å². The maximum Gasteiger partial charge on any atom is 0.300 e. The molecule has 174 valence electrons. The second-order valence-corrected chi connectivity index (χ2v) is 8.48. The van der Waals surface area contributed by atoms with Crippen LogP contribution in [0.15, 0.2) is 72.3 Å². The van der Waals surface area contributed by atoms with Gasteiger partial charge in [-0.25, -0.2) is 4.39 Å². The van der Waals surface area contributed by atoms with Crippen molar-refractivity contribution in [2.45, 2.75) is 19.4 Å². The molecule has 8 heteroatoms. The van der Waals surface area contributed by atoms with Crippen molar-refractivity contribution in [1.82, 2.24) is 0 Å². The van der Waals surface area contributed by atoms with Crippen molar-refractivity contribution in [3.8, 4) is 5.75 Å². The van der Waals surface area contributed by atoms with Crippen LogP contribution in [0.3, 0.4) is 0 Å². The van der Waals surface area contributed by atoms with E-state index < -0.39 is 29.3 Å². The molecule has 0 aromatic heterocycles. The van der Waals surface area contributed by atoms with E-state index in [1.165, 1.54) is 36.4 Å². The quantitative estimate of drug-likeness (QED) is 0.237. The molecule has 0 saturated carbocycles. The fourth-order valence-corrected chi connectivity index (χ4v) is 4.13. The molecular weight excluding hydrogens is 480 g/mol. The van der Waals surface area contributed by atoms with Gasteiger partial charge >= 0.3 is 0 Å². The Morgan fingerprint density at radius 1 is 1.03 bits per heavy atom. The molecule has 0 radical (unpaired) electrons. The smallest absolute Gasteiger partial charge is 0.300 e. The van der Waals surface area contributed by atoms with E-state index in [1.807, 2.05) is 6.92 Å². The van der Waals surface area contributed by atoms with Crippen LogP contribution in [0.2, 0.25) is 10.0 Å². The number of aliphatic hydroxyl groups excluding tert-OH is 1. The molecule has 0 bridgehead atoms. The topological polar surface area (TPSA) is 66.8 Å². The number of hydrogen-bond acceptors (Lipinski definition) is 4. The molecule has 3 aromatic carbocycles. The zero-order chi connectivity index (χ0) is 24.4. The molecule has 1 atom stereocenters. The highest BCUT2D eigenvalue weighted by Gasteiger charge is 2.48. The van der Waals surface area contributed by atoms with Crippen LogP contribution >= 0.6 is 23.2 Å². The second kappa shape index (κ2) is 9.87. The summed E-state index contributed by atoms with van der Waals surface area (Å²) in [6.45, 7) is 2.43. The van der Waals surface area contributed by atoms with E-state index in [0.29, 0.717) is 12.4 Å². The molecule has 1 unspecified atom stereocenters. The number of ketones is 1. The molecule has 1 aliphatic heterocycles. The normalized spacial score (nSPS) is 17.3. The largest absolute Gasteiger partial charge is 0.507 e. The Hall–Kier alpha value is -3.35. The number of aliphatic hydroxyl groups is 1. The monoisotopic (exact) mass is 499 g/mol. The van der Waals surface area contributed by atoms with E-state index in [4.69, 9.17) is 27.9 Å². The number of carbonyl (C=O) groups is 2.